The lowest BCUT2D eigenvalue weighted by Gasteiger charge is -2.24. The second-order valence-electron chi connectivity index (χ2n) is 8.51. The van der Waals surface area contributed by atoms with Gasteiger partial charge in [0.2, 0.25) is 0 Å². The van der Waals surface area contributed by atoms with Crippen molar-refractivity contribution in [2.75, 3.05) is 6.54 Å². The van der Waals surface area contributed by atoms with Gasteiger partial charge < -0.3 is 5.11 Å². The highest BCUT2D eigenvalue weighted by molar-refractivity contribution is 8.00. The Morgan fingerprint density at radius 1 is 0.818 bits per heavy atom. The predicted octanol–water partition coefficient (Wildman–Crippen LogP) is 5.22. The second-order valence-corrected chi connectivity index (χ2v) is 9.83. The van der Waals surface area contributed by atoms with Gasteiger partial charge in [0.05, 0.1) is 17.0 Å². The largest absolute Gasteiger partial charge is 0.481 e. The molecule has 3 aromatic rings. The summed E-state index contributed by atoms with van der Waals surface area (Å²) in [5.74, 6) is -2.40. The summed E-state index contributed by atoms with van der Waals surface area (Å²) in [5.41, 5.74) is 3.05. The van der Waals surface area contributed by atoms with E-state index in [9.17, 15) is 19.5 Å². The summed E-state index contributed by atoms with van der Waals surface area (Å²) in [7, 11) is 0. The number of imide groups is 1. The van der Waals surface area contributed by atoms with Crippen LogP contribution < -0.4 is 0 Å². The quantitative estimate of drug-likeness (QED) is 0.514. The Bertz CT molecular complexity index is 1170. The van der Waals surface area contributed by atoms with Crippen LogP contribution in [0.1, 0.15) is 33.6 Å². The fourth-order valence-corrected chi connectivity index (χ4v) is 6.29. The van der Waals surface area contributed by atoms with E-state index in [1.54, 1.807) is 36.0 Å². The first-order valence-electron chi connectivity index (χ1n) is 11.0. The van der Waals surface area contributed by atoms with E-state index < -0.39 is 11.9 Å². The molecule has 1 heterocycles. The molecule has 0 saturated heterocycles. The Morgan fingerprint density at radius 3 is 2.00 bits per heavy atom. The van der Waals surface area contributed by atoms with Crippen LogP contribution in [0.2, 0.25) is 0 Å². The van der Waals surface area contributed by atoms with Gasteiger partial charge in [-0.2, -0.15) is 0 Å². The van der Waals surface area contributed by atoms with Gasteiger partial charge in [-0.3, -0.25) is 19.3 Å². The molecule has 0 bridgehead atoms. The molecule has 0 spiro atoms. The summed E-state index contributed by atoms with van der Waals surface area (Å²) >= 11 is 1.57. The lowest BCUT2D eigenvalue weighted by molar-refractivity contribution is -0.142. The first-order valence-corrected chi connectivity index (χ1v) is 11.9. The normalized spacial score (nSPS) is 21.9. The Balaban J connectivity index is 1.29. The zero-order valence-electron chi connectivity index (χ0n) is 17.9. The molecule has 2 amide bonds. The molecule has 1 aliphatic heterocycles. The minimum Gasteiger partial charge on any atom is -0.481 e. The van der Waals surface area contributed by atoms with Crippen LogP contribution in [0.25, 0.3) is 11.1 Å². The number of rotatable bonds is 6. The highest BCUT2D eigenvalue weighted by Gasteiger charge is 2.45. The minimum atomic E-state index is -0.868. The van der Waals surface area contributed by atoms with Crippen LogP contribution in [0.5, 0.6) is 0 Å². The molecule has 2 aliphatic rings. The van der Waals surface area contributed by atoms with Gasteiger partial charge in [0.25, 0.3) is 11.8 Å². The van der Waals surface area contributed by atoms with E-state index in [4.69, 9.17) is 0 Å². The summed E-state index contributed by atoms with van der Waals surface area (Å²) in [4.78, 5) is 39.9. The molecule has 1 aliphatic carbocycles. The molecule has 5 rings (SSSR count). The van der Waals surface area contributed by atoms with Gasteiger partial charge >= 0.3 is 5.97 Å². The highest BCUT2D eigenvalue weighted by Crippen LogP contribution is 2.44. The van der Waals surface area contributed by atoms with Crippen molar-refractivity contribution in [3.63, 3.8) is 0 Å². The predicted molar refractivity (Wildman–Crippen MR) is 127 cm³/mol. The Morgan fingerprint density at radius 2 is 1.39 bits per heavy atom. The number of fused-ring (bicyclic) bond motifs is 1. The van der Waals surface area contributed by atoms with Crippen LogP contribution in [0.15, 0.2) is 83.8 Å². The molecule has 1 fully saturated rings. The van der Waals surface area contributed by atoms with Crippen molar-refractivity contribution in [3.05, 3.63) is 90.0 Å². The zero-order chi connectivity index (χ0) is 22.9. The molecule has 1 saturated carbocycles. The summed E-state index contributed by atoms with van der Waals surface area (Å²) < 4.78 is 0. The number of hydrogen-bond donors (Lipinski definition) is 1. The Hall–Kier alpha value is -3.38. The summed E-state index contributed by atoms with van der Waals surface area (Å²) in [6.45, 7) is 0.146. The maximum absolute atomic E-state index is 12.7. The van der Waals surface area contributed by atoms with Crippen LogP contribution in [0.3, 0.4) is 0 Å². The van der Waals surface area contributed by atoms with Gasteiger partial charge in [0.15, 0.2) is 0 Å². The van der Waals surface area contributed by atoms with Crippen molar-refractivity contribution in [1.29, 1.82) is 0 Å². The maximum atomic E-state index is 12.7. The number of amides is 2. The fraction of sp³-hybridized carbons (Fsp3) is 0.222. The van der Waals surface area contributed by atoms with Gasteiger partial charge in [-0.15, -0.1) is 11.8 Å². The summed E-state index contributed by atoms with van der Waals surface area (Å²) in [5, 5.41) is 9.90. The molecule has 1 N–H and O–H groups in total. The summed E-state index contributed by atoms with van der Waals surface area (Å²) in [6, 6.07) is 25.0. The minimum absolute atomic E-state index is 0.106. The van der Waals surface area contributed by atoms with E-state index in [2.05, 4.69) is 24.3 Å². The molecule has 166 valence electrons. The van der Waals surface area contributed by atoms with Crippen LogP contribution >= 0.6 is 11.8 Å². The lowest BCUT2D eigenvalue weighted by Crippen LogP contribution is -2.38. The molecule has 6 heteroatoms. The third-order valence-corrected chi connectivity index (χ3v) is 7.94. The number of carboxylic acids is 1. The number of hydrogen-bond acceptors (Lipinski definition) is 4. The van der Waals surface area contributed by atoms with Crippen molar-refractivity contribution >= 4 is 29.5 Å². The molecule has 5 nitrogen and oxygen atoms in total. The second kappa shape index (κ2) is 8.87. The van der Waals surface area contributed by atoms with E-state index in [1.165, 1.54) is 4.90 Å². The average Bonchev–Trinajstić information content (AvgIpc) is 3.34. The number of carbonyl (C=O) groups excluding carboxylic acids is 2. The third kappa shape index (κ3) is 4.07. The Kier molecular flexibility index (Phi) is 5.77. The molecule has 0 aromatic heterocycles. The monoisotopic (exact) mass is 457 g/mol. The van der Waals surface area contributed by atoms with Crippen molar-refractivity contribution < 1.29 is 19.5 Å². The number of nitrogens with zero attached hydrogens (tertiary/aromatic N) is 1. The van der Waals surface area contributed by atoms with Crippen LogP contribution in [0.4, 0.5) is 0 Å². The van der Waals surface area contributed by atoms with E-state index in [1.807, 2.05) is 30.3 Å². The average molecular weight is 458 g/mol. The van der Waals surface area contributed by atoms with Gasteiger partial charge in [-0.25, -0.2) is 0 Å². The van der Waals surface area contributed by atoms with Gasteiger partial charge in [-0.05, 0) is 54.2 Å². The lowest BCUT2D eigenvalue weighted by atomic mass is 9.95. The molecule has 0 radical (unpaired) electrons. The number of aliphatic carboxylic acids is 1. The topological polar surface area (TPSA) is 74.7 Å². The highest BCUT2D eigenvalue weighted by atomic mass is 32.2. The Labute approximate surface area is 196 Å². The van der Waals surface area contributed by atoms with Crippen LogP contribution in [0, 0.1) is 11.8 Å². The van der Waals surface area contributed by atoms with Gasteiger partial charge in [-0.1, -0.05) is 54.6 Å². The first-order chi connectivity index (χ1) is 16.0. The van der Waals surface area contributed by atoms with Crippen molar-refractivity contribution in [2.24, 2.45) is 11.8 Å². The van der Waals surface area contributed by atoms with E-state index in [0.29, 0.717) is 17.5 Å². The molecule has 3 aromatic carbocycles. The smallest absolute Gasteiger partial charge is 0.307 e. The van der Waals surface area contributed by atoms with Crippen molar-refractivity contribution in [3.8, 4) is 11.1 Å². The standard InChI is InChI=1S/C27H23NO4S/c29-25-21-8-4-5-9-22(21)26(30)28(25)16-19-12-15-23(24(19)27(31)32)33-20-13-10-18(11-14-20)17-6-2-1-3-7-17/h1-11,13-14,19,23-24H,12,15-16H2,(H,31,32)/t19-,23-,24-/m1/s1. The fourth-order valence-electron chi connectivity index (χ4n) is 4.91. The molecular formula is C27H23NO4S. The van der Waals surface area contributed by atoms with Crippen LogP contribution in [-0.2, 0) is 4.79 Å². The summed E-state index contributed by atoms with van der Waals surface area (Å²) in [6.07, 6.45) is 1.40. The van der Waals surface area contributed by atoms with E-state index in [0.717, 1.165) is 22.4 Å². The van der Waals surface area contributed by atoms with Crippen molar-refractivity contribution in [2.45, 2.75) is 23.0 Å². The van der Waals surface area contributed by atoms with E-state index >= 15 is 0 Å². The number of thioether (sulfide) groups is 1. The van der Waals surface area contributed by atoms with Crippen LogP contribution in [-0.4, -0.2) is 39.6 Å². The van der Waals surface area contributed by atoms with Gasteiger partial charge in [0.1, 0.15) is 0 Å². The van der Waals surface area contributed by atoms with Crippen molar-refractivity contribution in [1.82, 2.24) is 4.90 Å². The zero-order valence-corrected chi connectivity index (χ0v) is 18.7. The SMILES string of the molecule is O=C(O)[C@@H]1[C@@H](CN2C(=O)c3ccccc3C2=O)CC[C@H]1Sc1ccc(-c2ccccc2)cc1. The molecule has 33 heavy (non-hydrogen) atoms. The number of benzene rings is 3. The molecular weight excluding hydrogens is 434 g/mol. The van der Waals surface area contributed by atoms with E-state index in [-0.39, 0.29) is 29.5 Å². The number of carbonyl (C=O) groups is 3. The molecule has 3 atom stereocenters. The molecule has 0 unspecified atom stereocenters. The first kappa shape index (κ1) is 21.5. The maximum Gasteiger partial charge on any atom is 0.307 e. The van der Waals surface area contributed by atoms with Gasteiger partial charge in [0, 0.05) is 16.7 Å². The number of carboxylic acid groups (broad SMARTS) is 1. The third-order valence-electron chi connectivity index (χ3n) is 6.56.